The number of carbonyl (C=O) groups is 1. The average Bonchev–Trinajstić information content (AvgIpc) is 2.93. The predicted molar refractivity (Wildman–Crippen MR) is 144 cm³/mol. The number of aromatic nitrogens is 3. The summed E-state index contributed by atoms with van der Waals surface area (Å²) in [6.07, 6.45) is 6.10. The summed E-state index contributed by atoms with van der Waals surface area (Å²) in [5.74, 6) is 1.56. The molecular weight excluding hydrogens is 492 g/mol. The van der Waals surface area contributed by atoms with Gasteiger partial charge < -0.3 is 25.4 Å². The molecule has 1 saturated heterocycles. The molecule has 1 aliphatic heterocycles. The Kier molecular flexibility index (Phi) is 7.62. The van der Waals surface area contributed by atoms with Crippen LogP contribution in [0.4, 0.5) is 17.2 Å². The standard InChI is InChI=1S/C27H27ClN6O3/c1-36-25-14-22-19(13-23(25)34-27(35)21-7-3-5-11-30-21)26(32-16-31-22)33-17-8-9-24(20(28)12-17)37-15-18-6-2-4-10-29-18/h2,4,6,8-10,12-14,16,21,30H,3,5,7,11,15H2,1H3,(H,34,35)(H,31,32,33)/t21-/m0/s1. The van der Waals surface area contributed by atoms with Gasteiger partial charge in [0.05, 0.1) is 35.1 Å². The molecule has 1 atom stereocenters. The summed E-state index contributed by atoms with van der Waals surface area (Å²) >= 11 is 6.49. The third-order valence-corrected chi connectivity index (χ3v) is 6.43. The molecule has 2 aromatic heterocycles. The maximum absolute atomic E-state index is 12.9. The van der Waals surface area contributed by atoms with Gasteiger partial charge in [0.15, 0.2) is 0 Å². The van der Waals surface area contributed by atoms with Gasteiger partial charge in [0.1, 0.15) is 30.3 Å². The van der Waals surface area contributed by atoms with Gasteiger partial charge >= 0.3 is 0 Å². The molecular formula is C27H27ClN6O3. The number of fused-ring (bicyclic) bond motifs is 1. The zero-order valence-electron chi connectivity index (χ0n) is 20.3. The lowest BCUT2D eigenvalue weighted by molar-refractivity contribution is -0.118. The summed E-state index contributed by atoms with van der Waals surface area (Å²) in [5.41, 5.74) is 2.76. The highest BCUT2D eigenvalue weighted by Crippen LogP contribution is 2.35. The van der Waals surface area contributed by atoms with Crippen LogP contribution < -0.4 is 25.4 Å². The maximum atomic E-state index is 12.9. The highest BCUT2D eigenvalue weighted by atomic mass is 35.5. The predicted octanol–water partition coefficient (Wildman–Crippen LogP) is 5.09. The van der Waals surface area contributed by atoms with E-state index in [9.17, 15) is 4.79 Å². The first-order valence-electron chi connectivity index (χ1n) is 12.1. The second-order valence-electron chi connectivity index (χ2n) is 8.66. The number of anilines is 3. The fraction of sp³-hybridized carbons (Fsp3) is 0.259. The fourth-order valence-corrected chi connectivity index (χ4v) is 4.45. The van der Waals surface area contributed by atoms with E-state index >= 15 is 0 Å². The van der Waals surface area contributed by atoms with E-state index in [1.165, 1.54) is 6.33 Å². The van der Waals surface area contributed by atoms with E-state index in [4.69, 9.17) is 21.1 Å². The van der Waals surface area contributed by atoms with E-state index in [1.54, 1.807) is 31.5 Å². The summed E-state index contributed by atoms with van der Waals surface area (Å²) in [6.45, 7) is 1.15. The molecule has 5 rings (SSSR count). The molecule has 1 aliphatic rings. The summed E-state index contributed by atoms with van der Waals surface area (Å²) < 4.78 is 11.4. The number of hydrogen-bond donors (Lipinski definition) is 3. The molecule has 2 aromatic carbocycles. The zero-order valence-corrected chi connectivity index (χ0v) is 21.1. The molecule has 1 amide bonds. The summed E-state index contributed by atoms with van der Waals surface area (Å²) in [6, 6.07) is 14.5. The van der Waals surface area contributed by atoms with E-state index in [1.807, 2.05) is 30.3 Å². The lowest BCUT2D eigenvalue weighted by atomic mass is 10.0. The van der Waals surface area contributed by atoms with Crippen molar-refractivity contribution in [1.29, 1.82) is 0 Å². The van der Waals surface area contributed by atoms with E-state index in [0.717, 1.165) is 42.6 Å². The van der Waals surface area contributed by atoms with Crippen LogP contribution in [0.15, 0.2) is 61.1 Å². The Morgan fingerprint density at radius 1 is 1.11 bits per heavy atom. The maximum Gasteiger partial charge on any atom is 0.241 e. The van der Waals surface area contributed by atoms with Gasteiger partial charge in [-0.15, -0.1) is 0 Å². The number of pyridine rings is 1. The summed E-state index contributed by atoms with van der Waals surface area (Å²) in [7, 11) is 1.56. The Balaban J connectivity index is 1.36. The lowest BCUT2D eigenvalue weighted by Gasteiger charge is -2.23. The first kappa shape index (κ1) is 24.7. The van der Waals surface area contributed by atoms with Gasteiger partial charge in [-0.05, 0) is 55.8 Å². The minimum absolute atomic E-state index is 0.0863. The molecule has 1 fully saturated rings. The number of amides is 1. The third kappa shape index (κ3) is 5.90. The SMILES string of the molecule is COc1cc2ncnc(Nc3ccc(OCc4ccccn4)c(Cl)c3)c2cc1NC(=O)[C@@H]1CCCCN1. The van der Waals surface area contributed by atoms with Gasteiger partial charge in [-0.25, -0.2) is 9.97 Å². The number of nitrogens with one attached hydrogen (secondary N) is 3. The van der Waals surface area contributed by atoms with Gasteiger partial charge in [-0.1, -0.05) is 24.1 Å². The Morgan fingerprint density at radius 2 is 2.03 bits per heavy atom. The number of methoxy groups -OCH3 is 1. The fourth-order valence-electron chi connectivity index (χ4n) is 4.21. The van der Waals surface area contributed by atoms with Crippen LogP contribution in [0.2, 0.25) is 5.02 Å². The quantitative estimate of drug-likeness (QED) is 0.296. The first-order valence-corrected chi connectivity index (χ1v) is 12.4. The molecule has 0 unspecified atom stereocenters. The van der Waals surface area contributed by atoms with Crippen molar-refractivity contribution in [3.8, 4) is 11.5 Å². The first-order chi connectivity index (χ1) is 18.1. The van der Waals surface area contributed by atoms with E-state index < -0.39 is 0 Å². The van der Waals surface area contributed by atoms with Crippen LogP contribution in [0.25, 0.3) is 10.9 Å². The van der Waals surface area contributed by atoms with Gasteiger partial charge in [0.2, 0.25) is 5.91 Å². The van der Waals surface area contributed by atoms with E-state index in [2.05, 4.69) is 30.9 Å². The molecule has 4 aromatic rings. The second kappa shape index (κ2) is 11.4. The van der Waals surface area contributed by atoms with Crippen molar-refractivity contribution in [2.24, 2.45) is 0 Å². The van der Waals surface area contributed by atoms with Gasteiger partial charge in [-0.3, -0.25) is 9.78 Å². The third-order valence-electron chi connectivity index (χ3n) is 6.14. The molecule has 9 nitrogen and oxygen atoms in total. The van der Waals surface area contributed by atoms with Crippen LogP contribution >= 0.6 is 11.6 Å². The number of carbonyl (C=O) groups excluding carboxylic acids is 1. The molecule has 0 bridgehead atoms. The summed E-state index contributed by atoms with van der Waals surface area (Å²) in [5, 5.41) is 10.8. The van der Waals surface area contributed by atoms with Crippen molar-refractivity contribution in [1.82, 2.24) is 20.3 Å². The number of nitrogens with zero attached hydrogens (tertiary/aromatic N) is 3. The highest BCUT2D eigenvalue weighted by molar-refractivity contribution is 6.32. The average molecular weight is 519 g/mol. The van der Waals surface area contributed by atoms with Gasteiger partial charge in [0, 0.05) is 23.3 Å². The van der Waals surface area contributed by atoms with Gasteiger partial charge in [-0.2, -0.15) is 0 Å². The Morgan fingerprint density at radius 3 is 2.78 bits per heavy atom. The van der Waals surface area contributed by atoms with Crippen molar-refractivity contribution in [3.63, 3.8) is 0 Å². The number of ether oxygens (including phenoxy) is 2. The second-order valence-corrected chi connectivity index (χ2v) is 9.07. The van der Waals surface area contributed by atoms with E-state index in [-0.39, 0.29) is 11.9 Å². The van der Waals surface area contributed by atoms with Crippen molar-refractivity contribution in [2.75, 3.05) is 24.3 Å². The number of benzene rings is 2. The molecule has 190 valence electrons. The van der Waals surface area contributed by atoms with Crippen molar-refractivity contribution in [3.05, 3.63) is 71.8 Å². The number of rotatable bonds is 8. The molecule has 10 heteroatoms. The topological polar surface area (TPSA) is 110 Å². The van der Waals surface area contributed by atoms with Crippen molar-refractivity contribution in [2.45, 2.75) is 31.9 Å². The zero-order chi connectivity index (χ0) is 25.6. The Bertz CT molecular complexity index is 1400. The van der Waals surface area contributed by atoms with Crippen molar-refractivity contribution < 1.29 is 14.3 Å². The largest absolute Gasteiger partial charge is 0.494 e. The normalized spacial score (nSPS) is 15.2. The molecule has 0 spiro atoms. The highest BCUT2D eigenvalue weighted by Gasteiger charge is 2.22. The van der Waals surface area contributed by atoms with Crippen LogP contribution in [0, 0.1) is 0 Å². The van der Waals surface area contributed by atoms with Crippen LogP contribution in [-0.2, 0) is 11.4 Å². The Hall–Kier alpha value is -3.95. The lowest BCUT2D eigenvalue weighted by Crippen LogP contribution is -2.43. The van der Waals surface area contributed by atoms with Crippen LogP contribution in [0.3, 0.4) is 0 Å². The smallest absolute Gasteiger partial charge is 0.241 e. The number of piperidine rings is 1. The van der Waals surface area contributed by atoms with Crippen LogP contribution in [0.5, 0.6) is 11.5 Å². The molecule has 0 aliphatic carbocycles. The summed E-state index contributed by atoms with van der Waals surface area (Å²) in [4.78, 5) is 25.9. The molecule has 3 heterocycles. The molecule has 37 heavy (non-hydrogen) atoms. The minimum Gasteiger partial charge on any atom is -0.494 e. The van der Waals surface area contributed by atoms with Crippen LogP contribution in [0.1, 0.15) is 25.0 Å². The van der Waals surface area contributed by atoms with Crippen molar-refractivity contribution >= 4 is 45.6 Å². The monoisotopic (exact) mass is 518 g/mol. The number of halogens is 1. The molecule has 0 radical (unpaired) electrons. The Labute approximate surface area is 219 Å². The number of hydrogen-bond acceptors (Lipinski definition) is 8. The molecule has 0 saturated carbocycles. The van der Waals surface area contributed by atoms with E-state index in [0.29, 0.717) is 40.2 Å². The van der Waals surface area contributed by atoms with Gasteiger partial charge in [0.25, 0.3) is 0 Å². The minimum atomic E-state index is -0.223. The molecule has 3 N–H and O–H groups in total. The van der Waals surface area contributed by atoms with Crippen LogP contribution in [-0.4, -0.2) is 40.6 Å².